The van der Waals surface area contributed by atoms with Crippen LogP contribution >= 0.6 is 22.9 Å². The maximum absolute atomic E-state index is 5.95. The van der Waals surface area contributed by atoms with Gasteiger partial charge in [0.05, 0.1) is 0 Å². The minimum Gasteiger partial charge on any atom is -0.325 e. The quantitative estimate of drug-likeness (QED) is 0.817. The van der Waals surface area contributed by atoms with Crippen molar-refractivity contribution in [3.8, 4) is 0 Å². The third-order valence-corrected chi connectivity index (χ3v) is 3.46. The third-order valence-electron chi connectivity index (χ3n) is 2.29. The summed E-state index contributed by atoms with van der Waals surface area (Å²) in [5.74, 6) is 0. The van der Waals surface area contributed by atoms with E-state index in [0.29, 0.717) is 4.47 Å². The molecule has 0 radical (unpaired) electrons. The molecule has 1 aromatic heterocycles. The molecule has 66 valence electrons. The molecule has 1 aromatic rings. The van der Waals surface area contributed by atoms with E-state index in [-0.39, 0.29) is 5.54 Å². The fourth-order valence-electron chi connectivity index (χ4n) is 1.18. The number of halogens is 1. The maximum atomic E-state index is 5.95. The summed E-state index contributed by atoms with van der Waals surface area (Å²) in [6, 6.07) is 0. The lowest BCUT2D eigenvalue weighted by Crippen LogP contribution is -2.21. The molecule has 2 N–H and O–H groups in total. The number of nitrogens with two attached hydrogens (primary N) is 1. The highest BCUT2D eigenvalue weighted by Crippen LogP contribution is 2.37. The number of aryl methyl sites for hydroxylation is 1. The second kappa shape index (κ2) is 2.98. The largest absolute Gasteiger partial charge is 0.325 e. The van der Waals surface area contributed by atoms with Crippen LogP contribution in [0.2, 0.25) is 4.47 Å². The van der Waals surface area contributed by atoms with Crippen molar-refractivity contribution in [3.05, 3.63) is 15.5 Å². The molecular weight excluding hydrogens is 192 g/mol. The molecule has 2 rings (SSSR count). The van der Waals surface area contributed by atoms with Crippen molar-refractivity contribution < 1.29 is 0 Å². The van der Waals surface area contributed by atoms with Gasteiger partial charge < -0.3 is 5.73 Å². The lowest BCUT2D eigenvalue weighted by atomic mass is 10.1. The van der Waals surface area contributed by atoms with E-state index >= 15 is 0 Å². The van der Waals surface area contributed by atoms with Crippen LogP contribution in [0.3, 0.4) is 0 Å². The Kier molecular flexibility index (Phi) is 2.10. The Morgan fingerprint density at radius 3 is 2.92 bits per heavy atom. The van der Waals surface area contributed by atoms with Crippen molar-refractivity contribution in [3.63, 3.8) is 0 Å². The smallest absolute Gasteiger partial charge is 0.183 e. The van der Waals surface area contributed by atoms with Crippen LogP contribution in [0, 0.1) is 0 Å². The molecule has 0 saturated heterocycles. The summed E-state index contributed by atoms with van der Waals surface area (Å²) in [5.41, 5.74) is 6.10. The summed E-state index contributed by atoms with van der Waals surface area (Å²) >= 11 is 7.26. The molecule has 1 aliphatic carbocycles. The molecule has 4 heteroatoms. The van der Waals surface area contributed by atoms with Crippen LogP contribution in [0.15, 0.2) is 6.20 Å². The summed E-state index contributed by atoms with van der Waals surface area (Å²) in [6.07, 6.45) is 6.31. The highest BCUT2D eigenvalue weighted by atomic mass is 35.5. The van der Waals surface area contributed by atoms with E-state index in [2.05, 4.69) is 4.98 Å². The van der Waals surface area contributed by atoms with Gasteiger partial charge in [-0.3, -0.25) is 0 Å². The van der Waals surface area contributed by atoms with Crippen LogP contribution in [0.1, 0.15) is 24.1 Å². The lowest BCUT2D eigenvalue weighted by molar-refractivity contribution is 0.612. The van der Waals surface area contributed by atoms with E-state index in [1.54, 1.807) is 11.3 Å². The van der Waals surface area contributed by atoms with Gasteiger partial charge in [-0.1, -0.05) is 11.6 Å². The molecule has 0 atom stereocenters. The summed E-state index contributed by atoms with van der Waals surface area (Å²) < 4.78 is 0.631. The van der Waals surface area contributed by atoms with E-state index < -0.39 is 0 Å². The minimum atomic E-state index is 0.149. The van der Waals surface area contributed by atoms with Crippen molar-refractivity contribution in [2.24, 2.45) is 5.73 Å². The monoisotopic (exact) mass is 202 g/mol. The van der Waals surface area contributed by atoms with Gasteiger partial charge in [-0.25, -0.2) is 4.98 Å². The van der Waals surface area contributed by atoms with Crippen LogP contribution < -0.4 is 5.73 Å². The van der Waals surface area contributed by atoms with Gasteiger partial charge in [0.1, 0.15) is 0 Å². The summed E-state index contributed by atoms with van der Waals surface area (Å²) in [5, 5.41) is 0. The number of rotatable bonds is 3. The zero-order chi connectivity index (χ0) is 8.60. The Hall–Kier alpha value is -0.120. The summed E-state index contributed by atoms with van der Waals surface area (Å²) in [4.78, 5) is 5.23. The summed E-state index contributed by atoms with van der Waals surface area (Å²) in [7, 11) is 0. The number of aromatic nitrogens is 1. The molecule has 1 aliphatic rings. The van der Waals surface area contributed by atoms with Gasteiger partial charge in [0.15, 0.2) is 4.47 Å². The van der Waals surface area contributed by atoms with Crippen LogP contribution in [0.25, 0.3) is 0 Å². The van der Waals surface area contributed by atoms with E-state index in [1.165, 1.54) is 17.7 Å². The lowest BCUT2D eigenvalue weighted by Gasteiger charge is -2.04. The Morgan fingerprint density at radius 1 is 1.67 bits per heavy atom. The fraction of sp³-hybridized carbons (Fsp3) is 0.625. The van der Waals surface area contributed by atoms with E-state index in [9.17, 15) is 0 Å². The average Bonchev–Trinajstić information content (AvgIpc) is 2.60. The highest BCUT2D eigenvalue weighted by molar-refractivity contribution is 7.15. The van der Waals surface area contributed by atoms with Gasteiger partial charge in [0.2, 0.25) is 0 Å². The van der Waals surface area contributed by atoms with Crippen LogP contribution in [-0.2, 0) is 6.42 Å². The van der Waals surface area contributed by atoms with Crippen molar-refractivity contribution in [2.75, 3.05) is 0 Å². The van der Waals surface area contributed by atoms with Crippen molar-refractivity contribution >= 4 is 22.9 Å². The zero-order valence-electron chi connectivity index (χ0n) is 6.72. The summed E-state index contributed by atoms with van der Waals surface area (Å²) in [6.45, 7) is 0. The Morgan fingerprint density at radius 2 is 2.42 bits per heavy atom. The molecule has 0 aliphatic heterocycles. The standard InChI is InChI=1S/C8H11ClN2S/c9-7-11-5-6(12-7)1-2-8(10)3-4-8/h5H,1-4,10H2. The van der Waals surface area contributed by atoms with Crippen LogP contribution in [0.4, 0.5) is 0 Å². The molecule has 1 saturated carbocycles. The SMILES string of the molecule is NC1(CCc2cnc(Cl)s2)CC1. The van der Waals surface area contributed by atoms with Gasteiger partial charge in [0.25, 0.3) is 0 Å². The van der Waals surface area contributed by atoms with Crippen molar-refractivity contribution in [1.29, 1.82) is 0 Å². The molecule has 0 aromatic carbocycles. The second-order valence-electron chi connectivity index (χ2n) is 3.44. The molecule has 0 amide bonds. The highest BCUT2D eigenvalue weighted by Gasteiger charge is 2.37. The Bertz CT molecular complexity index is 280. The topological polar surface area (TPSA) is 38.9 Å². The molecular formula is C8H11ClN2S. The van der Waals surface area contributed by atoms with Gasteiger partial charge >= 0.3 is 0 Å². The van der Waals surface area contributed by atoms with Crippen LogP contribution in [0.5, 0.6) is 0 Å². The predicted octanol–water partition coefficient (Wildman–Crippen LogP) is 2.22. The molecule has 2 nitrogen and oxygen atoms in total. The number of thiazole rings is 1. The zero-order valence-corrected chi connectivity index (χ0v) is 8.29. The van der Waals surface area contributed by atoms with Gasteiger partial charge in [-0.15, -0.1) is 11.3 Å². The first kappa shape index (κ1) is 8.48. The number of hydrogen-bond acceptors (Lipinski definition) is 3. The molecule has 0 unspecified atom stereocenters. The van der Waals surface area contributed by atoms with E-state index in [4.69, 9.17) is 17.3 Å². The molecule has 0 bridgehead atoms. The Balaban J connectivity index is 1.87. The van der Waals surface area contributed by atoms with Crippen molar-refractivity contribution in [1.82, 2.24) is 4.98 Å². The van der Waals surface area contributed by atoms with Gasteiger partial charge in [-0.2, -0.15) is 0 Å². The van der Waals surface area contributed by atoms with E-state index in [0.717, 1.165) is 12.8 Å². The number of hydrogen-bond donors (Lipinski definition) is 1. The van der Waals surface area contributed by atoms with Gasteiger partial charge in [-0.05, 0) is 25.7 Å². The molecule has 1 fully saturated rings. The van der Waals surface area contributed by atoms with Gasteiger partial charge in [0, 0.05) is 16.6 Å². The second-order valence-corrected chi connectivity index (χ2v) is 5.14. The molecule has 0 spiro atoms. The molecule has 1 heterocycles. The average molecular weight is 203 g/mol. The van der Waals surface area contributed by atoms with Crippen molar-refractivity contribution in [2.45, 2.75) is 31.2 Å². The predicted molar refractivity (Wildman–Crippen MR) is 51.6 cm³/mol. The fourth-order valence-corrected chi connectivity index (χ4v) is 2.16. The minimum absolute atomic E-state index is 0.149. The normalized spacial score (nSPS) is 19.5. The Labute approximate surface area is 80.8 Å². The first-order valence-corrected chi connectivity index (χ1v) is 5.27. The first-order chi connectivity index (χ1) is 5.68. The van der Waals surface area contributed by atoms with E-state index in [1.807, 2.05) is 6.20 Å². The van der Waals surface area contributed by atoms with Crippen LogP contribution in [-0.4, -0.2) is 10.5 Å². The maximum Gasteiger partial charge on any atom is 0.183 e. The first-order valence-electron chi connectivity index (χ1n) is 4.07. The number of nitrogens with zero attached hydrogens (tertiary/aromatic N) is 1. The molecule has 12 heavy (non-hydrogen) atoms. The third kappa shape index (κ3) is 1.97.